The predicted octanol–water partition coefficient (Wildman–Crippen LogP) is 2.40. The van der Waals surface area contributed by atoms with Crippen molar-refractivity contribution in [1.29, 1.82) is 0 Å². The van der Waals surface area contributed by atoms with Crippen LogP contribution in [0.25, 0.3) is 11.0 Å². The fourth-order valence-corrected chi connectivity index (χ4v) is 3.80. The molecule has 0 N–H and O–H groups in total. The molecule has 0 amide bonds. The first-order valence-electron chi connectivity index (χ1n) is 7.63. The molecule has 1 saturated carbocycles. The summed E-state index contributed by atoms with van der Waals surface area (Å²) >= 11 is 4.59. The molecule has 1 aliphatic carbocycles. The summed E-state index contributed by atoms with van der Waals surface area (Å²) in [4.78, 5) is 17.0. The second-order valence-corrected chi connectivity index (χ2v) is 6.57. The van der Waals surface area contributed by atoms with Crippen molar-refractivity contribution in [2.24, 2.45) is 12.5 Å². The predicted molar refractivity (Wildman–Crippen MR) is 86.8 cm³/mol. The molecule has 0 unspecified atom stereocenters. The summed E-state index contributed by atoms with van der Waals surface area (Å²) in [6, 6.07) is 0. The van der Waals surface area contributed by atoms with Crippen molar-refractivity contribution in [2.75, 3.05) is 5.75 Å². The van der Waals surface area contributed by atoms with Crippen LogP contribution in [0, 0.1) is 5.41 Å². The standard InChI is InChI=1S/C15H22N4OS/c1-18-13-12(8-17-18)14(20)19(11-16-13)9-15(10-21)6-4-2-3-5-7-15/h8,11,21H,2-7,9-10H2,1H3. The molecule has 2 aromatic rings. The maximum Gasteiger partial charge on any atom is 0.264 e. The summed E-state index contributed by atoms with van der Waals surface area (Å²) in [6.07, 6.45) is 10.6. The van der Waals surface area contributed by atoms with Crippen LogP contribution in [-0.2, 0) is 13.6 Å². The second kappa shape index (κ2) is 5.83. The van der Waals surface area contributed by atoms with Gasteiger partial charge in [-0.1, -0.05) is 25.7 Å². The Hall–Kier alpha value is -1.30. The van der Waals surface area contributed by atoms with Crippen molar-refractivity contribution in [3.05, 3.63) is 22.9 Å². The van der Waals surface area contributed by atoms with Gasteiger partial charge in [0.05, 0.1) is 12.5 Å². The lowest BCUT2D eigenvalue weighted by atomic mass is 9.82. The molecule has 0 radical (unpaired) electrons. The van der Waals surface area contributed by atoms with Crippen LogP contribution in [0.4, 0.5) is 0 Å². The van der Waals surface area contributed by atoms with E-state index in [1.54, 1.807) is 28.8 Å². The lowest BCUT2D eigenvalue weighted by Crippen LogP contribution is -2.33. The molecule has 0 spiro atoms. The van der Waals surface area contributed by atoms with Crippen molar-refractivity contribution in [3.63, 3.8) is 0 Å². The van der Waals surface area contributed by atoms with Gasteiger partial charge in [-0.15, -0.1) is 0 Å². The summed E-state index contributed by atoms with van der Waals surface area (Å²) < 4.78 is 3.40. The Bertz CT molecular complexity index is 683. The van der Waals surface area contributed by atoms with Crippen LogP contribution >= 0.6 is 12.6 Å². The molecule has 2 heterocycles. The smallest absolute Gasteiger partial charge is 0.264 e. The van der Waals surface area contributed by atoms with Crippen LogP contribution in [0.1, 0.15) is 38.5 Å². The molecule has 1 fully saturated rings. The number of aromatic nitrogens is 4. The zero-order valence-corrected chi connectivity index (χ0v) is 13.4. The number of fused-ring (bicyclic) bond motifs is 1. The zero-order chi connectivity index (χ0) is 14.9. The van der Waals surface area contributed by atoms with E-state index < -0.39 is 0 Å². The van der Waals surface area contributed by atoms with E-state index in [2.05, 4.69) is 22.7 Å². The van der Waals surface area contributed by atoms with Gasteiger partial charge in [-0.25, -0.2) is 4.98 Å². The van der Waals surface area contributed by atoms with Gasteiger partial charge in [0.1, 0.15) is 5.39 Å². The third-order valence-electron chi connectivity index (χ3n) is 4.72. The first-order valence-corrected chi connectivity index (χ1v) is 8.26. The molecule has 1 aliphatic rings. The largest absolute Gasteiger partial charge is 0.298 e. The molecular formula is C15H22N4OS. The van der Waals surface area contributed by atoms with Gasteiger partial charge in [0.25, 0.3) is 5.56 Å². The number of hydrogen-bond donors (Lipinski definition) is 1. The van der Waals surface area contributed by atoms with Crippen molar-refractivity contribution in [1.82, 2.24) is 19.3 Å². The summed E-state index contributed by atoms with van der Waals surface area (Å²) in [5, 5.41) is 4.72. The van der Waals surface area contributed by atoms with Gasteiger partial charge >= 0.3 is 0 Å². The number of nitrogens with zero attached hydrogens (tertiary/aromatic N) is 4. The Morgan fingerprint density at radius 3 is 2.67 bits per heavy atom. The SMILES string of the molecule is Cn1ncc2c(=O)n(CC3(CS)CCCCCC3)cnc21. The number of aryl methyl sites for hydroxylation is 1. The van der Waals surface area contributed by atoms with E-state index in [1.807, 2.05) is 0 Å². The molecule has 114 valence electrons. The van der Waals surface area contributed by atoms with E-state index in [1.165, 1.54) is 25.7 Å². The molecule has 2 aromatic heterocycles. The van der Waals surface area contributed by atoms with E-state index >= 15 is 0 Å². The normalized spacial score (nSPS) is 18.8. The van der Waals surface area contributed by atoms with Crippen LogP contribution in [0.5, 0.6) is 0 Å². The average Bonchev–Trinajstić information content (AvgIpc) is 2.73. The summed E-state index contributed by atoms with van der Waals surface area (Å²) in [5.41, 5.74) is 0.789. The lowest BCUT2D eigenvalue weighted by Gasteiger charge is -2.31. The van der Waals surface area contributed by atoms with Crippen LogP contribution in [0.15, 0.2) is 17.3 Å². The van der Waals surface area contributed by atoms with E-state index in [-0.39, 0.29) is 11.0 Å². The fraction of sp³-hybridized carbons (Fsp3) is 0.667. The highest BCUT2D eigenvalue weighted by Gasteiger charge is 2.30. The van der Waals surface area contributed by atoms with Crippen LogP contribution in [0.3, 0.4) is 0 Å². The second-order valence-electron chi connectivity index (χ2n) is 6.26. The van der Waals surface area contributed by atoms with Crippen LogP contribution in [-0.4, -0.2) is 25.1 Å². The molecule has 6 heteroatoms. The number of hydrogen-bond acceptors (Lipinski definition) is 4. The molecule has 0 bridgehead atoms. The first kappa shape index (κ1) is 14.6. The minimum Gasteiger partial charge on any atom is -0.298 e. The summed E-state index contributed by atoms with van der Waals surface area (Å²) in [5.74, 6) is 0.824. The Morgan fingerprint density at radius 2 is 2.00 bits per heavy atom. The number of thiol groups is 1. The van der Waals surface area contributed by atoms with E-state index in [9.17, 15) is 4.79 Å². The topological polar surface area (TPSA) is 52.7 Å². The van der Waals surface area contributed by atoms with Crippen molar-refractivity contribution in [2.45, 2.75) is 45.1 Å². The van der Waals surface area contributed by atoms with E-state index in [0.29, 0.717) is 17.6 Å². The lowest BCUT2D eigenvalue weighted by molar-refractivity contribution is 0.237. The molecule has 0 atom stereocenters. The summed E-state index contributed by atoms with van der Waals surface area (Å²) in [7, 11) is 1.81. The van der Waals surface area contributed by atoms with E-state index in [4.69, 9.17) is 0 Å². The Kier molecular flexibility index (Phi) is 4.06. The van der Waals surface area contributed by atoms with Crippen molar-refractivity contribution >= 4 is 23.7 Å². The molecule has 5 nitrogen and oxygen atoms in total. The highest BCUT2D eigenvalue weighted by atomic mass is 32.1. The van der Waals surface area contributed by atoms with Gasteiger partial charge in [0.2, 0.25) is 0 Å². The molecule has 0 aromatic carbocycles. The zero-order valence-electron chi connectivity index (χ0n) is 12.5. The first-order chi connectivity index (χ1) is 10.2. The van der Waals surface area contributed by atoms with Gasteiger partial charge in [0, 0.05) is 13.6 Å². The maximum absolute atomic E-state index is 12.6. The fourth-order valence-electron chi connectivity index (χ4n) is 3.39. The third kappa shape index (κ3) is 2.73. The van der Waals surface area contributed by atoms with Gasteiger partial charge in [0.15, 0.2) is 5.65 Å². The van der Waals surface area contributed by atoms with Gasteiger partial charge in [-0.3, -0.25) is 14.0 Å². The molecule has 3 rings (SSSR count). The van der Waals surface area contributed by atoms with Gasteiger partial charge < -0.3 is 0 Å². The van der Waals surface area contributed by atoms with Crippen LogP contribution < -0.4 is 5.56 Å². The number of rotatable bonds is 3. The third-order valence-corrected chi connectivity index (χ3v) is 5.39. The minimum atomic E-state index is 0.0125. The molecule has 0 aliphatic heterocycles. The summed E-state index contributed by atoms with van der Waals surface area (Å²) in [6.45, 7) is 0.715. The highest BCUT2D eigenvalue weighted by Crippen LogP contribution is 2.37. The Morgan fingerprint density at radius 1 is 1.29 bits per heavy atom. The van der Waals surface area contributed by atoms with Crippen molar-refractivity contribution < 1.29 is 0 Å². The molecular weight excluding hydrogens is 284 g/mol. The van der Waals surface area contributed by atoms with Crippen molar-refractivity contribution in [3.8, 4) is 0 Å². The Balaban J connectivity index is 1.96. The van der Waals surface area contributed by atoms with E-state index in [0.717, 1.165) is 18.6 Å². The average molecular weight is 306 g/mol. The highest BCUT2D eigenvalue weighted by molar-refractivity contribution is 7.80. The molecule has 0 saturated heterocycles. The maximum atomic E-state index is 12.6. The minimum absolute atomic E-state index is 0.0125. The van der Waals surface area contributed by atoms with Gasteiger partial charge in [-0.2, -0.15) is 17.7 Å². The van der Waals surface area contributed by atoms with Crippen LogP contribution in [0.2, 0.25) is 0 Å². The monoisotopic (exact) mass is 306 g/mol. The molecule has 21 heavy (non-hydrogen) atoms. The quantitative estimate of drug-likeness (QED) is 0.700. The Labute approximate surface area is 129 Å². The van der Waals surface area contributed by atoms with Gasteiger partial charge in [-0.05, 0) is 24.0 Å².